The van der Waals surface area contributed by atoms with Gasteiger partial charge in [0, 0.05) is 16.2 Å². The topological polar surface area (TPSA) is 120 Å². The molecule has 0 atom stereocenters. The van der Waals surface area contributed by atoms with Crippen molar-refractivity contribution in [3.8, 4) is 0 Å². The number of nitrogens with zero attached hydrogens (tertiary/aromatic N) is 3. The summed E-state index contributed by atoms with van der Waals surface area (Å²) in [5.41, 5.74) is 7.91. The van der Waals surface area contributed by atoms with Gasteiger partial charge >= 0.3 is 29.6 Å². The standard InChI is InChI=1S/C7H5N3O4S.Na/c8-10-9-6-2-1-5(4-11)7(3-6)15(12,13)14;/h1-4H,(H,12,13,14);/q;+1. The van der Waals surface area contributed by atoms with Crippen LogP contribution in [-0.4, -0.2) is 19.3 Å². The molecule has 9 heteroatoms. The molecule has 78 valence electrons. The summed E-state index contributed by atoms with van der Waals surface area (Å²) < 4.78 is 30.4. The van der Waals surface area contributed by atoms with Crippen molar-refractivity contribution in [3.05, 3.63) is 34.2 Å². The van der Waals surface area contributed by atoms with Crippen LogP contribution in [-0.2, 0) is 10.1 Å². The maximum absolute atomic E-state index is 10.8. The average molecular weight is 250 g/mol. The van der Waals surface area contributed by atoms with Crippen LogP contribution in [0, 0.1) is 0 Å². The van der Waals surface area contributed by atoms with Crippen LogP contribution < -0.4 is 29.6 Å². The largest absolute Gasteiger partial charge is 1.00 e. The minimum Gasteiger partial charge on any atom is -0.298 e. The van der Waals surface area contributed by atoms with E-state index in [9.17, 15) is 13.2 Å². The Balaban J connectivity index is 0.00000225. The van der Waals surface area contributed by atoms with Crippen LogP contribution in [0.15, 0.2) is 28.2 Å². The second-order valence-corrected chi connectivity index (χ2v) is 3.89. The molecule has 0 bridgehead atoms. The van der Waals surface area contributed by atoms with Gasteiger partial charge in [0.05, 0.1) is 0 Å². The maximum atomic E-state index is 10.8. The van der Waals surface area contributed by atoms with Crippen molar-refractivity contribution in [3.63, 3.8) is 0 Å². The molecule has 1 rings (SSSR count). The molecule has 1 N–H and O–H groups in total. The van der Waals surface area contributed by atoms with Crippen molar-refractivity contribution >= 4 is 22.1 Å². The smallest absolute Gasteiger partial charge is 0.298 e. The Hall–Kier alpha value is -0.890. The Bertz CT molecular complexity index is 551. The van der Waals surface area contributed by atoms with Crippen LogP contribution in [0.5, 0.6) is 0 Å². The fourth-order valence-corrected chi connectivity index (χ4v) is 1.64. The van der Waals surface area contributed by atoms with E-state index in [1.54, 1.807) is 0 Å². The molecule has 1 aromatic carbocycles. The Morgan fingerprint density at radius 2 is 2.06 bits per heavy atom. The van der Waals surface area contributed by atoms with E-state index in [0.29, 0.717) is 0 Å². The van der Waals surface area contributed by atoms with Crippen molar-refractivity contribution < 1.29 is 47.3 Å². The van der Waals surface area contributed by atoms with E-state index in [4.69, 9.17) is 10.1 Å². The molecule has 0 saturated heterocycles. The number of azide groups is 1. The van der Waals surface area contributed by atoms with Crippen LogP contribution in [0.1, 0.15) is 10.4 Å². The minimum atomic E-state index is -4.50. The quantitative estimate of drug-likeness (QED) is 0.179. The zero-order valence-corrected chi connectivity index (χ0v) is 11.0. The monoisotopic (exact) mass is 250 g/mol. The summed E-state index contributed by atoms with van der Waals surface area (Å²) in [5, 5.41) is 3.15. The zero-order chi connectivity index (χ0) is 11.5. The molecule has 0 aliphatic heterocycles. The van der Waals surface area contributed by atoms with Gasteiger partial charge in [0.25, 0.3) is 10.1 Å². The van der Waals surface area contributed by atoms with E-state index in [1.165, 1.54) is 6.07 Å². The van der Waals surface area contributed by atoms with Gasteiger partial charge in [0.2, 0.25) is 0 Å². The molecule has 0 aromatic heterocycles. The Kier molecular flexibility index (Phi) is 5.66. The molecule has 1 aromatic rings. The summed E-state index contributed by atoms with van der Waals surface area (Å²) >= 11 is 0. The van der Waals surface area contributed by atoms with E-state index in [2.05, 4.69) is 10.0 Å². The second-order valence-electron chi connectivity index (χ2n) is 2.50. The van der Waals surface area contributed by atoms with Crippen LogP contribution in [0.25, 0.3) is 10.4 Å². The molecular formula is C7H5N3NaO4S+. The summed E-state index contributed by atoms with van der Waals surface area (Å²) in [6, 6.07) is 3.32. The molecule has 0 spiro atoms. The first kappa shape index (κ1) is 15.1. The van der Waals surface area contributed by atoms with Crippen LogP contribution in [0.4, 0.5) is 5.69 Å². The predicted molar refractivity (Wildman–Crippen MR) is 50.5 cm³/mol. The van der Waals surface area contributed by atoms with Crippen LogP contribution in [0.3, 0.4) is 0 Å². The number of carbonyl (C=O) groups excluding carboxylic acids is 1. The molecule has 0 unspecified atom stereocenters. The molecule has 0 aliphatic rings. The van der Waals surface area contributed by atoms with Crippen molar-refractivity contribution in [2.45, 2.75) is 4.90 Å². The molecule has 0 radical (unpaired) electrons. The molecule has 0 saturated carbocycles. The van der Waals surface area contributed by atoms with Gasteiger partial charge in [-0.25, -0.2) is 0 Å². The first-order valence-corrected chi connectivity index (χ1v) is 5.05. The number of hydrogen-bond acceptors (Lipinski definition) is 4. The molecule has 7 nitrogen and oxygen atoms in total. The van der Waals surface area contributed by atoms with E-state index in [-0.39, 0.29) is 47.1 Å². The summed E-state index contributed by atoms with van der Waals surface area (Å²) in [6.07, 6.45) is 0.281. The number of benzene rings is 1. The van der Waals surface area contributed by atoms with Crippen molar-refractivity contribution in [2.24, 2.45) is 5.11 Å². The third-order valence-electron chi connectivity index (χ3n) is 1.56. The number of aldehydes is 1. The second kappa shape index (κ2) is 6.00. The number of rotatable bonds is 3. The molecule has 0 amide bonds. The Morgan fingerprint density at radius 1 is 1.44 bits per heavy atom. The Morgan fingerprint density at radius 3 is 2.50 bits per heavy atom. The van der Waals surface area contributed by atoms with E-state index in [1.807, 2.05) is 0 Å². The van der Waals surface area contributed by atoms with E-state index < -0.39 is 15.0 Å². The minimum absolute atomic E-state index is 0. The zero-order valence-electron chi connectivity index (χ0n) is 8.23. The summed E-state index contributed by atoms with van der Waals surface area (Å²) in [7, 11) is -4.50. The third kappa shape index (κ3) is 3.60. The predicted octanol–water partition coefficient (Wildman–Crippen LogP) is -1.31. The Labute approximate surface area is 113 Å². The first-order chi connectivity index (χ1) is 6.99. The molecule has 0 fully saturated rings. The van der Waals surface area contributed by atoms with Crippen LogP contribution >= 0.6 is 0 Å². The van der Waals surface area contributed by atoms with Gasteiger partial charge in [-0.1, -0.05) is 11.2 Å². The van der Waals surface area contributed by atoms with E-state index in [0.717, 1.165) is 12.1 Å². The van der Waals surface area contributed by atoms with Crippen molar-refractivity contribution in [1.82, 2.24) is 0 Å². The van der Waals surface area contributed by atoms with Gasteiger partial charge in [-0.15, -0.1) is 0 Å². The number of carbonyl (C=O) groups is 1. The van der Waals surface area contributed by atoms with Gasteiger partial charge in [-0.3, -0.25) is 9.35 Å². The van der Waals surface area contributed by atoms with Gasteiger partial charge in [0.1, 0.15) is 4.90 Å². The third-order valence-corrected chi connectivity index (χ3v) is 2.47. The normalized spacial score (nSPS) is 9.81. The molecule has 0 aliphatic carbocycles. The summed E-state index contributed by atoms with van der Waals surface area (Å²) in [6.45, 7) is 0. The summed E-state index contributed by atoms with van der Waals surface area (Å²) in [5.74, 6) is 0. The average Bonchev–Trinajstić information content (AvgIpc) is 2.17. The molecule has 16 heavy (non-hydrogen) atoms. The van der Waals surface area contributed by atoms with Crippen LogP contribution in [0.2, 0.25) is 0 Å². The fourth-order valence-electron chi connectivity index (χ4n) is 0.958. The van der Waals surface area contributed by atoms with Crippen molar-refractivity contribution in [1.29, 1.82) is 0 Å². The summed E-state index contributed by atoms with van der Waals surface area (Å²) in [4.78, 5) is 12.3. The van der Waals surface area contributed by atoms with Gasteiger partial charge in [-0.2, -0.15) is 8.42 Å². The SMILES string of the molecule is [N-]=[N+]=Nc1ccc(C=O)c(S(=O)(=O)O)c1.[Na+]. The van der Waals surface area contributed by atoms with E-state index >= 15 is 0 Å². The maximum Gasteiger partial charge on any atom is 1.00 e. The van der Waals surface area contributed by atoms with Crippen molar-refractivity contribution in [2.75, 3.05) is 0 Å². The van der Waals surface area contributed by atoms with Gasteiger partial charge in [-0.05, 0) is 17.7 Å². The van der Waals surface area contributed by atoms with Gasteiger partial charge in [0.15, 0.2) is 6.29 Å². The first-order valence-electron chi connectivity index (χ1n) is 3.61. The molecule has 0 heterocycles. The van der Waals surface area contributed by atoms with Gasteiger partial charge < -0.3 is 0 Å². The fraction of sp³-hybridized carbons (Fsp3) is 0. The number of hydrogen-bond donors (Lipinski definition) is 1. The molecular weight excluding hydrogens is 245 g/mol.